The highest BCUT2D eigenvalue weighted by atomic mass is 16.3. The minimum Gasteiger partial charge on any atom is -0.456 e. The average Bonchev–Trinajstić information content (AvgIpc) is 4.03. The van der Waals surface area contributed by atoms with Crippen LogP contribution in [0.4, 0.5) is 17.1 Å². The minimum atomic E-state index is 0.876. The molecule has 0 unspecified atom stereocenters. The Balaban J connectivity index is 0.958. The van der Waals surface area contributed by atoms with Gasteiger partial charge < -0.3 is 18.2 Å². The van der Waals surface area contributed by atoms with Crippen molar-refractivity contribution in [2.45, 2.75) is 0 Å². The van der Waals surface area contributed by atoms with E-state index >= 15 is 0 Å². The molecule has 0 aliphatic rings. The molecule has 13 rings (SSSR count). The summed E-state index contributed by atoms with van der Waals surface area (Å²) in [7, 11) is 0. The SMILES string of the molecule is c1ccc(N(c2ccc(-c3ccc4oc5ccccc5c4c3)cc2)c2ccc(-c3ccc4oc5ccccc5c4c3)cc2)c(-c2cccc3c2oc2c4ccccc4ccc32)c1. The zero-order chi connectivity index (χ0) is 40.7. The fourth-order valence-electron chi connectivity index (χ4n) is 9.48. The molecule has 0 aliphatic heterocycles. The maximum Gasteiger partial charge on any atom is 0.143 e. The third-order valence-electron chi connectivity index (χ3n) is 12.5. The van der Waals surface area contributed by atoms with E-state index in [0.717, 1.165) is 127 Å². The minimum absolute atomic E-state index is 0.876. The first kappa shape index (κ1) is 34.5. The van der Waals surface area contributed by atoms with Crippen LogP contribution in [0.3, 0.4) is 0 Å². The lowest BCUT2D eigenvalue weighted by atomic mass is 9.98. The Morgan fingerprint density at radius 2 is 0.758 bits per heavy atom. The van der Waals surface area contributed by atoms with E-state index in [4.69, 9.17) is 13.3 Å². The number of hydrogen-bond acceptors (Lipinski definition) is 4. The van der Waals surface area contributed by atoms with E-state index in [1.165, 1.54) is 0 Å². The van der Waals surface area contributed by atoms with Gasteiger partial charge >= 0.3 is 0 Å². The van der Waals surface area contributed by atoms with E-state index in [-0.39, 0.29) is 0 Å². The van der Waals surface area contributed by atoms with Crippen molar-refractivity contribution >= 4 is 93.7 Å². The maximum absolute atomic E-state index is 6.90. The molecule has 62 heavy (non-hydrogen) atoms. The Hall–Kier alpha value is -8.34. The molecule has 0 saturated carbocycles. The second-order valence-corrected chi connectivity index (χ2v) is 16.0. The lowest BCUT2D eigenvalue weighted by Crippen LogP contribution is -2.11. The Morgan fingerprint density at radius 3 is 1.40 bits per heavy atom. The first-order chi connectivity index (χ1) is 30.7. The third-order valence-corrected chi connectivity index (χ3v) is 12.5. The highest BCUT2D eigenvalue weighted by Crippen LogP contribution is 2.46. The van der Waals surface area contributed by atoms with Gasteiger partial charge in [0.15, 0.2) is 0 Å². The molecule has 0 atom stereocenters. The smallest absolute Gasteiger partial charge is 0.143 e. The second kappa shape index (κ2) is 13.6. The van der Waals surface area contributed by atoms with Gasteiger partial charge in [0, 0.05) is 60.2 Å². The molecule has 13 aromatic rings. The van der Waals surface area contributed by atoms with Gasteiger partial charge in [-0.05, 0) is 100 Å². The Labute approximate surface area is 356 Å². The predicted octanol–water partition coefficient (Wildman–Crippen LogP) is 17.0. The summed E-state index contributed by atoms with van der Waals surface area (Å²) in [5.74, 6) is 0. The Morgan fingerprint density at radius 1 is 0.274 bits per heavy atom. The molecular formula is C58H35NO3. The molecule has 3 aromatic heterocycles. The Bertz CT molecular complexity index is 3710. The normalized spacial score (nSPS) is 11.9. The summed E-state index contributed by atoms with van der Waals surface area (Å²) >= 11 is 0. The van der Waals surface area contributed by atoms with Crippen molar-refractivity contribution in [2.24, 2.45) is 0 Å². The summed E-state index contributed by atoms with van der Waals surface area (Å²) in [5, 5.41) is 8.97. The van der Waals surface area contributed by atoms with Crippen molar-refractivity contribution in [3.05, 3.63) is 212 Å². The van der Waals surface area contributed by atoms with Crippen LogP contribution in [0.5, 0.6) is 0 Å². The molecule has 0 aliphatic carbocycles. The van der Waals surface area contributed by atoms with Crippen molar-refractivity contribution in [1.29, 1.82) is 0 Å². The van der Waals surface area contributed by atoms with Crippen LogP contribution in [-0.2, 0) is 0 Å². The number of nitrogens with zero attached hydrogens (tertiary/aromatic N) is 1. The van der Waals surface area contributed by atoms with Gasteiger partial charge in [0.1, 0.15) is 33.5 Å². The van der Waals surface area contributed by atoms with Gasteiger partial charge in [0.2, 0.25) is 0 Å². The second-order valence-electron chi connectivity index (χ2n) is 16.0. The van der Waals surface area contributed by atoms with E-state index in [2.05, 4.69) is 193 Å². The van der Waals surface area contributed by atoms with Crippen LogP contribution in [-0.4, -0.2) is 0 Å². The van der Waals surface area contributed by atoms with Crippen LogP contribution in [0, 0.1) is 0 Å². The summed E-state index contributed by atoms with van der Waals surface area (Å²) in [6.07, 6.45) is 0. The monoisotopic (exact) mass is 793 g/mol. The quantitative estimate of drug-likeness (QED) is 0.168. The van der Waals surface area contributed by atoms with Crippen LogP contribution in [0.25, 0.3) is 110 Å². The van der Waals surface area contributed by atoms with Crippen molar-refractivity contribution in [2.75, 3.05) is 4.90 Å². The predicted molar refractivity (Wildman–Crippen MR) is 257 cm³/mol. The van der Waals surface area contributed by atoms with E-state index in [0.29, 0.717) is 0 Å². The lowest BCUT2D eigenvalue weighted by Gasteiger charge is -2.28. The van der Waals surface area contributed by atoms with Crippen LogP contribution >= 0.6 is 0 Å². The van der Waals surface area contributed by atoms with Gasteiger partial charge in [-0.2, -0.15) is 0 Å². The first-order valence-corrected chi connectivity index (χ1v) is 21.0. The maximum atomic E-state index is 6.90. The largest absolute Gasteiger partial charge is 0.456 e. The van der Waals surface area contributed by atoms with E-state index < -0.39 is 0 Å². The summed E-state index contributed by atoms with van der Waals surface area (Å²) in [4.78, 5) is 2.36. The first-order valence-electron chi connectivity index (χ1n) is 21.0. The fourth-order valence-corrected chi connectivity index (χ4v) is 9.48. The summed E-state index contributed by atoms with van der Waals surface area (Å²) in [6, 6.07) is 75.2. The molecule has 0 fully saturated rings. The van der Waals surface area contributed by atoms with E-state index in [9.17, 15) is 0 Å². The molecule has 10 aromatic carbocycles. The number of anilines is 3. The van der Waals surface area contributed by atoms with Gasteiger partial charge in [-0.3, -0.25) is 0 Å². The molecule has 0 radical (unpaired) electrons. The third kappa shape index (κ3) is 5.40. The van der Waals surface area contributed by atoms with Gasteiger partial charge in [0.25, 0.3) is 0 Å². The molecule has 0 spiro atoms. The zero-order valence-electron chi connectivity index (χ0n) is 33.4. The standard InChI is InChI=1S/C58H35NO3/c1-2-11-43-38(10-1)24-31-49-48-16-9-15-47(58(48)62-57(43)49)44-12-3-6-17-52(44)59(41-27-20-36(21-28-41)39-25-32-55-50(34-39)45-13-4-7-18-53(45)60-55)42-29-22-37(23-30-42)40-26-33-56-51(35-40)46-14-5-8-19-54(46)61-56/h1-35H. The number of para-hydroxylation sites is 4. The van der Waals surface area contributed by atoms with Gasteiger partial charge in [0.05, 0.1) is 5.69 Å². The zero-order valence-corrected chi connectivity index (χ0v) is 33.4. The molecule has 0 N–H and O–H groups in total. The van der Waals surface area contributed by atoms with Gasteiger partial charge in [-0.25, -0.2) is 0 Å². The summed E-state index contributed by atoms with van der Waals surface area (Å²) < 4.78 is 19.2. The van der Waals surface area contributed by atoms with Crippen molar-refractivity contribution in [3.8, 4) is 33.4 Å². The van der Waals surface area contributed by atoms with E-state index in [1.807, 2.05) is 24.3 Å². The molecule has 3 heterocycles. The highest BCUT2D eigenvalue weighted by Gasteiger charge is 2.21. The summed E-state index contributed by atoms with van der Waals surface area (Å²) in [5.41, 5.74) is 15.1. The van der Waals surface area contributed by atoms with Crippen LogP contribution in [0.2, 0.25) is 0 Å². The number of fused-ring (bicyclic) bond motifs is 11. The number of hydrogen-bond donors (Lipinski definition) is 0. The lowest BCUT2D eigenvalue weighted by molar-refractivity contribution is 0.668. The molecule has 0 amide bonds. The van der Waals surface area contributed by atoms with Crippen LogP contribution < -0.4 is 4.90 Å². The topological polar surface area (TPSA) is 42.7 Å². The van der Waals surface area contributed by atoms with E-state index in [1.54, 1.807) is 0 Å². The highest BCUT2D eigenvalue weighted by molar-refractivity contribution is 6.18. The molecular weight excluding hydrogens is 759 g/mol. The van der Waals surface area contributed by atoms with Crippen LogP contribution in [0.1, 0.15) is 0 Å². The number of rotatable bonds is 6. The average molecular weight is 794 g/mol. The van der Waals surface area contributed by atoms with Crippen LogP contribution in [0.15, 0.2) is 226 Å². The fraction of sp³-hybridized carbons (Fsp3) is 0. The molecule has 4 nitrogen and oxygen atoms in total. The molecule has 4 heteroatoms. The molecule has 290 valence electrons. The molecule has 0 saturated heterocycles. The number of furan rings is 3. The molecule has 0 bridgehead atoms. The Kier molecular flexibility index (Phi) is 7.57. The summed E-state index contributed by atoms with van der Waals surface area (Å²) in [6.45, 7) is 0. The number of benzene rings is 10. The van der Waals surface area contributed by atoms with Gasteiger partial charge in [-0.1, -0.05) is 140 Å². The van der Waals surface area contributed by atoms with Crippen molar-refractivity contribution in [3.63, 3.8) is 0 Å². The van der Waals surface area contributed by atoms with Gasteiger partial charge in [-0.15, -0.1) is 0 Å². The van der Waals surface area contributed by atoms with Crippen molar-refractivity contribution < 1.29 is 13.3 Å². The van der Waals surface area contributed by atoms with Crippen molar-refractivity contribution in [1.82, 2.24) is 0 Å².